The second kappa shape index (κ2) is 10.8. The van der Waals surface area contributed by atoms with E-state index in [0.717, 1.165) is 0 Å². The molecule has 0 aliphatic carbocycles. The largest absolute Gasteiger partial charge is 0.466 e. The van der Waals surface area contributed by atoms with Gasteiger partial charge in [0.15, 0.2) is 0 Å². The smallest absolute Gasteiger partial charge is 0.317 e. The third kappa shape index (κ3) is 19.2. The quantitative estimate of drug-likeness (QED) is 0.410. The minimum atomic E-state index is -0.536. The maximum atomic E-state index is 10.6. The summed E-state index contributed by atoms with van der Waals surface area (Å²) in [4.78, 5) is 21.2. The Kier molecular flexibility index (Phi) is 11.6. The van der Waals surface area contributed by atoms with Gasteiger partial charge in [0.25, 0.3) is 0 Å². The van der Waals surface area contributed by atoms with Crippen molar-refractivity contribution in [3.05, 3.63) is 12.2 Å². The van der Waals surface area contributed by atoms with E-state index < -0.39 is 11.9 Å². The van der Waals surface area contributed by atoms with Crippen LogP contribution in [0, 0.1) is 0 Å². The van der Waals surface area contributed by atoms with Crippen molar-refractivity contribution in [2.24, 2.45) is 0 Å². The molecule has 0 unspecified atom stereocenters. The fourth-order valence-electron chi connectivity index (χ4n) is 0.542. The average Bonchev–Trinajstić information content (AvgIpc) is 2.03. The van der Waals surface area contributed by atoms with E-state index in [1.807, 2.05) is 13.8 Å². The number of ether oxygens (including phenoxy) is 2. The Hall–Kier alpha value is -1.32. The van der Waals surface area contributed by atoms with Gasteiger partial charge < -0.3 is 9.47 Å². The number of hydrogen-bond acceptors (Lipinski definition) is 4. The minimum Gasteiger partial charge on any atom is -0.466 e. The van der Waals surface area contributed by atoms with Crippen LogP contribution in [0.25, 0.3) is 0 Å². The molecule has 0 heterocycles. The van der Waals surface area contributed by atoms with Crippen molar-refractivity contribution in [1.82, 2.24) is 0 Å². The minimum absolute atomic E-state index is 0.290. The lowest BCUT2D eigenvalue weighted by Gasteiger charge is -2.00. The van der Waals surface area contributed by atoms with Gasteiger partial charge in [0, 0.05) is 0 Å². The lowest BCUT2D eigenvalue weighted by Crippen LogP contribution is -2.13. The van der Waals surface area contributed by atoms with Crippen LogP contribution >= 0.6 is 0 Å². The van der Waals surface area contributed by atoms with Crippen LogP contribution in [0.3, 0.4) is 0 Å². The molecule has 0 amide bonds. The van der Waals surface area contributed by atoms with Crippen LogP contribution in [0.15, 0.2) is 12.2 Å². The van der Waals surface area contributed by atoms with Crippen molar-refractivity contribution in [1.29, 1.82) is 0 Å². The predicted molar refractivity (Wildman–Crippen MR) is 58.4 cm³/mol. The van der Waals surface area contributed by atoms with Gasteiger partial charge in [-0.05, 0) is 27.7 Å². The first-order valence-corrected chi connectivity index (χ1v) is 4.87. The van der Waals surface area contributed by atoms with Gasteiger partial charge in [-0.25, -0.2) is 0 Å². The number of allylic oxidation sites excluding steroid dienone is 1. The van der Waals surface area contributed by atoms with E-state index in [1.54, 1.807) is 13.8 Å². The van der Waals surface area contributed by atoms with Crippen LogP contribution in [0.4, 0.5) is 0 Å². The molecule has 0 aliphatic rings. The third-order valence-corrected chi connectivity index (χ3v) is 0.899. The van der Waals surface area contributed by atoms with Gasteiger partial charge in [-0.15, -0.1) is 6.58 Å². The second-order valence-corrected chi connectivity index (χ2v) is 2.99. The molecular formula is C11H20O4. The topological polar surface area (TPSA) is 52.6 Å². The van der Waals surface area contributed by atoms with E-state index in [2.05, 4.69) is 16.1 Å². The summed E-state index contributed by atoms with van der Waals surface area (Å²) in [6, 6.07) is 0. The van der Waals surface area contributed by atoms with Crippen molar-refractivity contribution in [3.8, 4) is 0 Å². The van der Waals surface area contributed by atoms with Gasteiger partial charge in [-0.1, -0.05) is 5.57 Å². The summed E-state index contributed by atoms with van der Waals surface area (Å²) in [5, 5.41) is 0. The Bertz CT molecular complexity index is 189. The Morgan fingerprint density at radius 3 is 1.47 bits per heavy atom. The van der Waals surface area contributed by atoms with Crippen molar-refractivity contribution >= 4 is 11.9 Å². The van der Waals surface area contributed by atoms with Crippen molar-refractivity contribution in [3.63, 3.8) is 0 Å². The highest BCUT2D eigenvalue weighted by Crippen LogP contribution is 1.89. The molecule has 4 heteroatoms. The molecule has 0 fully saturated rings. The van der Waals surface area contributed by atoms with Crippen LogP contribution in [0.5, 0.6) is 0 Å². The summed E-state index contributed by atoms with van der Waals surface area (Å²) in [7, 11) is 0. The first kappa shape index (κ1) is 16.1. The average molecular weight is 216 g/mol. The lowest BCUT2D eigenvalue weighted by molar-refractivity contribution is -0.153. The molecule has 0 atom stereocenters. The van der Waals surface area contributed by atoms with Gasteiger partial charge in [-0.2, -0.15) is 0 Å². The van der Waals surface area contributed by atoms with Gasteiger partial charge >= 0.3 is 11.9 Å². The fourth-order valence-corrected chi connectivity index (χ4v) is 0.542. The zero-order valence-corrected chi connectivity index (χ0v) is 9.96. The Morgan fingerprint density at radius 1 is 1.00 bits per heavy atom. The zero-order valence-electron chi connectivity index (χ0n) is 9.96. The summed E-state index contributed by atoms with van der Waals surface area (Å²) in [5.41, 5.74) is 1.17. The van der Waals surface area contributed by atoms with Crippen molar-refractivity contribution in [2.45, 2.75) is 34.1 Å². The molecule has 0 N–H and O–H groups in total. The summed E-state index contributed by atoms with van der Waals surface area (Å²) in [6.07, 6.45) is -0.290. The highest BCUT2D eigenvalue weighted by Gasteiger charge is 2.09. The standard InChI is InChI=1S/C7H12O4.C4H8/c1-3-10-6(8)5-7(9)11-4-2;1-4(2)3/h3-5H2,1-2H3;1H2,2-3H3. The van der Waals surface area contributed by atoms with E-state index in [0.29, 0.717) is 0 Å². The molecule has 0 bridgehead atoms. The summed E-state index contributed by atoms with van der Waals surface area (Å²) >= 11 is 0. The van der Waals surface area contributed by atoms with Gasteiger partial charge in [-0.3, -0.25) is 9.59 Å². The predicted octanol–water partition coefficient (Wildman–Crippen LogP) is 2.09. The number of rotatable bonds is 4. The lowest BCUT2D eigenvalue weighted by atomic mass is 10.4. The van der Waals surface area contributed by atoms with E-state index in [1.165, 1.54) is 5.57 Å². The van der Waals surface area contributed by atoms with E-state index >= 15 is 0 Å². The molecule has 0 spiro atoms. The maximum absolute atomic E-state index is 10.6. The highest BCUT2D eigenvalue weighted by molar-refractivity contribution is 5.91. The molecule has 88 valence electrons. The monoisotopic (exact) mass is 216 g/mol. The summed E-state index contributed by atoms with van der Waals surface area (Å²) < 4.78 is 9.04. The van der Waals surface area contributed by atoms with Crippen LogP contribution in [0.2, 0.25) is 0 Å². The van der Waals surface area contributed by atoms with Crippen LogP contribution in [-0.2, 0) is 19.1 Å². The first-order chi connectivity index (χ1) is 6.93. The Morgan fingerprint density at radius 2 is 1.27 bits per heavy atom. The van der Waals surface area contributed by atoms with Gasteiger partial charge in [0.1, 0.15) is 6.42 Å². The molecule has 15 heavy (non-hydrogen) atoms. The number of carbonyl (C=O) groups is 2. The molecule has 0 aliphatic heterocycles. The Labute approximate surface area is 91.3 Å². The fraction of sp³-hybridized carbons (Fsp3) is 0.636. The SMILES string of the molecule is C=C(C)C.CCOC(=O)CC(=O)OCC. The van der Waals surface area contributed by atoms with Crippen molar-refractivity contribution < 1.29 is 19.1 Å². The molecule has 0 radical (unpaired) electrons. The van der Waals surface area contributed by atoms with Gasteiger partial charge in [0.2, 0.25) is 0 Å². The molecule has 0 saturated heterocycles. The molecule has 0 aromatic heterocycles. The molecule has 0 rings (SSSR count). The summed E-state index contributed by atoms with van der Waals surface area (Å²) in [5.74, 6) is -1.07. The third-order valence-electron chi connectivity index (χ3n) is 0.899. The van der Waals surface area contributed by atoms with Crippen molar-refractivity contribution in [2.75, 3.05) is 13.2 Å². The normalized spacial score (nSPS) is 8.27. The van der Waals surface area contributed by atoms with Crippen LogP contribution < -0.4 is 0 Å². The zero-order chi connectivity index (χ0) is 12.3. The first-order valence-electron chi connectivity index (χ1n) is 4.87. The molecule has 4 nitrogen and oxygen atoms in total. The van der Waals surface area contributed by atoms with E-state index in [-0.39, 0.29) is 19.6 Å². The Balaban J connectivity index is 0. The van der Waals surface area contributed by atoms with Crippen LogP contribution in [0.1, 0.15) is 34.1 Å². The highest BCUT2D eigenvalue weighted by atomic mass is 16.5. The molecule has 0 saturated carbocycles. The maximum Gasteiger partial charge on any atom is 0.317 e. The second-order valence-electron chi connectivity index (χ2n) is 2.99. The summed E-state index contributed by atoms with van der Waals surface area (Å²) in [6.45, 7) is 11.4. The van der Waals surface area contributed by atoms with Crippen LogP contribution in [-0.4, -0.2) is 25.2 Å². The van der Waals surface area contributed by atoms with E-state index in [9.17, 15) is 9.59 Å². The molecule has 0 aromatic rings. The van der Waals surface area contributed by atoms with E-state index in [4.69, 9.17) is 0 Å². The molecule has 0 aromatic carbocycles. The number of hydrogen-bond donors (Lipinski definition) is 0. The number of esters is 2. The molecular weight excluding hydrogens is 196 g/mol. The van der Waals surface area contributed by atoms with Gasteiger partial charge in [0.05, 0.1) is 13.2 Å². The number of carbonyl (C=O) groups excluding carboxylic acids is 2.